The molecular weight excluding hydrogens is 286 g/mol. The van der Waals surface area contributed by atoms with Crippen LogP contribution in [-0.4, -0.2) is 18.8 Å². The van der Waals surface area contributed by atoms with E-state index in [4.69, 9.17) is 5.41 Å². The number of hydrogen-bond donors (Lipinski definition) is 2. The molecule has 1 heterocycles. The molecule has 0 amide bonds. The van der Waals surface area contributed by atoms with E-state index in [0.717, 1.165) is 11.1 Å². The molecule has 1 fully saturated rings. The van der Waals surface area contributed by atoms with E-state index >= 15 is 0 Å². The lowest BCUT2D eigenvalue weighted by Crippen LogP contribution is -2.52. The standard InChI is InChI=1S/C18H15N5/c19-8-14-13-6-7-23-9-15(13)16(12-4-2-1-3-5-12)18(10-20,11-21)17(14)22/h1-6,14-16,22-23H,7,9H2. The number of nitriles is 3. The van der Waals surface area contributed by atoms with Crippen LogP contribution in [0.4, 0.5) is 0 Å². The van der Waals surface area contributed by atoms with Gasteiger partial charge >= 0.3 is 0 Å². The molecule has 3 unspecified atom stereocenters. The fourth-order valence-electron chi connectivity index (χ4n) is 3.77. The van der Waals surface area contributed by atoms with Crippen LogP contribution in [0.3, 0.4) is 0 Å². The smallest absolute Gasteiger partial charge is 0.189 e. The highest BCUT2D eigenvalue weighted by molar-refractivity contribution is 6.00. The fourth-order valence-corrected chi connectivity index (χ4v) is 3.77. The van der Waals surface area contributed by atoms with E-state index in [0.29, 0.717) is 13.1 Å². The summed E-state index contributed by atoms with van der Waals surface area (Å²) in [6, 6.07) is 15.7. The first-order valence-corrected chi connectivity index (χ1v) is 7.46. The maximum atomic E-state index is 9.78. The lowest BCUT2D eigenvalue weighted by Gasteiger charge is -2.45. The normalized spacial score (nSPS) is 28.5. The van der Waals surface area contributed by atoms with Crippen LogP contribution in [0.15, 0.2) is 42.0 Å². The van der Waals surface area contributed by atoms with Gasteiger partial charge in [-0.15, -0.1) is 0 Å². The SMILES string of the molecule is N#CC1C(=N)C(C#N)(C#N)C(c2ccccc2)C2CNCC=C12. The molecule has 0 radical (unpaired) electrons. The Balaban J connectivity index is 2.26. The van der Waals surface area contributed by atoms with Crippen molar-refractivity contribution in [3.05, 3.63) is 47.5 Å². The van der Waals surface area contributed by atoms with Gasteiger partial charge in [-0.1, -0.05) is 36.4 Å². The minimum atomic E-state index is -1.61. The molecule has 5 nitrogen and oxygen atoms in total. The lowest BCUT2D eigenvalue weighted by molar-refractivity contribution is 0.332. The van der Waals surface area contributed by atoms with E-state index in [-0.39, 0.29) is 11.6 Å². The van der Waals surface area contributed by atoms with Crippen LogP contribution >= 0.6 is 0 Å². The average molecular weight is 301 g/mol. The van der Waals surface area contributed by atoms with Crippen LogP contribution in [0, 0.1) is 56.7 Å². The van der Waals surface area contributed by atoms with Gasteiger partial charge in [0.15, 0.2) is 5.41 Å². The van der Waals surface area contributed by atoms with Gasteiger partial charge in [-0.2, -0.15) is 15.8 Å². The Morgan fingerprint density at radius 2 is 1.83 bits per heavy atom. The molecule has 2 N–H and O–H groups in total. The van der Waals surface area contributed by atoms with Crippen LogP contribution < -0.4 is 5.32 Å². The molecule has 1 aliphatic carbocycles. The van der Waals surface area contributed by atoms with Crippen molar-refractivity contribution in [2.45, 2.75) is 5.92 Å². The number of nitrogens with one attached hydrogen (secondary N) is 2. The highest BCUT2D eigenvalue weighted by atomic mass is 14.9. The summed E-state index contributed by atoms with van der Waals surface area (Å²) in [7, 11) is 0. The maximum Gasteiger partial charge on any atom is 0.189 e. The molecule has 1 aliphatic heterocycles. The van der Waals surface area contributed by atoms with Crippen LogP contribution in [0.2, 0.25) is 0 Å². The Hall–Kier alpha value is -2.94. The van der Waals surface area contributed by atoms with Gasteiger partial charge < -0.3 is 10.7 Å². The Kier molecular flexibility index (Phi) is 3.70. The monoisotopic (exact) mass is 301 g/mol. The average Bonchev–Trinajstić information content (AvgIpc) is 2.61. The molecular formula is C18H15N5. The Morgan fingerprint density at radius 3 is 2.43 bits per heavy atom. The Morgan fingerprint density at radius 1 is 1.13 bits per heavy atom. The number of rotatable bonds is 1. The fraction of sp³-hybridized carbons (Fsp3) is 0.333. The molecule has 5 heteroatoms. The van der Waals surface area contributed by atoms with E-state index in [1.165, 1.54) is 0 Å². The molecule has 3 rings (SSSR count). The zero-order chi connectivity index (χ0) is 16.4. The quantitative estimate of drug-likeness (QED) is 0.774. The van der Waals surface area contributed by atoms with Crippen molar-refractivity contribution < 1.29 is 0 Å². The van der Waals surface area contributed by atoms with Gasteiger partial charge in [0.1, 0.15) is 5.92 Å². The summed E-state index contributed by atoms with van der Waals surface area (Å²) in [6.07, 6.45) is 1.94. The summed E-state index contributed by atoms with van der Waals surface area (Å²) in [4.78, 5) is 0. The Labute approximate surface area is 135 Å². The van der Waals surface area contributed by atoms with E-state index in [2.05, 4.69) is 23.5 Å². The molecule has 0 bridgehead atoms. The summed E-state index contributed by atoms with van der Waals surface area (Å²) in [5.74, 6) is -1.37. The highest BCUT2D eigenvalue weighted by Gasteiger charge is 2.57. The van der Waals surface area contributed by atoms with Gasteiger partial charge in [-0.25, -0.2) is 0 Å². The zero-order valence-electron chi connectivity index (χ0n) is 12.5. The van der Waals surface area contributed by atoms with Crippen LogP contribution in [-0.2, 0) is 0 Å². The molecule has 1 aromatic rings. The van der Waals surface area contributed by atoms with Crippen LogP contribution in [0.25, 0.3) is 0 Å². The summed E-state index contributed by atoms with van der Waals surface area (Å²) >= 11 is 0. The van der Waals surface area contributed by atoms with Gasteiger partial charge in [-0.3, -0.25) is 0 Å². The first-order valence-electron chi connectivity index (χ1n) is 7.46. The Bertz CT molecular complexity index is 773. The molecule has 0 saturated heterocycles. The topological polar surface area (TPSA) is 107 Å². The van der Waals surface area contributed by atoms with Gasteiger partial charge in [0.25, 0.3) is 0 Å². The third-order valence-corrected chi connectivity index (χ3v) is 4.83. The molecule has 112 valence electrons. The number of nitrogens with zero attached hydrogens (tertiary/aromatic N) is 3. The van der Waals surface area contributed by atoms with Crippen molar-refractivity contribution >= 4 is 5.71 Å². The summed E-state index contributed by atoms with van der Waals surface area (Å²) in [5.41, 5.74) is 0.0220. The second-order valence-corrected chi connectivity index (χ2v) is 5.86. The third-order valence-electron chi connectivity index (χ3n) is 4.83. The zero-order valence-corrected chi connectivity index (χ0v) is 12.5. The van der Waals surface area contributed by atoms with Gasteiger partial charge in [0.05, 0.1) is 23.9 Å². The maximum absolute atomic E-state index is 9.78. The first-order chi connectivity index (χ1) is 11.2. The highest BCUT2D eigenvalue weighted by Crippen LogP contribution is 2.52. The summed E-state index contributed by atoms with van der Waals surface area (Å²) < 4.78 is 0. The van der Waals surface area contributed by atoms with Gasteiger partial charge in [-0.05, 0) is 11.1 Å². The van der Waals surface area contributed by atoms with E-state index in [1.54, 1.807) is 0 Å². The number of benzene rings is 1. The van der Waals surface area contributed by atoms with Gasteiger partial charge in [0.2, 0.25) is 0 Å². The number of hydrogen-bond acceptors (Lipinski definition) is 5. The van der Waals surface area contributed by atoms with Crippen LogP contribution in [0.1, 0.15) is 11.5 Å². The predicted octanol–water partition coefficient (Wildman–Crippen LogP) is 2.12. The largest absolute Gasteiger partial charge is 0.313 e. The summed E-state index contributed by atoms with van der Waals surface area (Å²) in [6.45, 7) is 1.24. The molecule has 1 saturated carbocycles. The minimum absolute atomic E-state index is 0.0942. The van der Waals surface area contributed by atoms with E-state index < -0.39 is 17.3 Å². The third kappa shape index (κ3) is 2.05. The van der Waals surface area contributed by atoms with Crippen molar-refractivity contribution in [1.29, 1.82) is 21.2 Å². The predicted molar refractivity (Wildman–Crippen MR) is 84.1 cm³/mol. The van der Waals surface area contributed by atoms with Crippen LogP contribution in [0.5, 0.6) is 0 Å². The van der Waals surface area contributed by atoms with Crippen molar-refractivity contribution in [2.24, 2.45) is 17.3 Å². The van der Waals surface area contributed by atoms with E-state index in [1.807, 2.05) is 36.4 Å². The van der Waals surface area contributed by atoms with Crippen molar-refractivity contribution in [3.8, 4) is 18.2 Å². The first kappa shape index (κ1) is 15.0. The summed E-state index contributed by atoms with van der Waals surface area (Å²) in [5, 5.41) is 40.8. The molecule has 23 heavy (non-hydrogen) atoms. The molecule has 3 atom stereocenters. The van der Waals surface area contributed by atoms with Gasteiger partial charge in [0, 0.05) is 24.9 Å². The number of fused-ring (bicyclic) bond motifs is 1. The van der Waals surface area contributed by atoms with Crippen molar-refractivity contribution in [3.63, 3.8) is 0 Å². The molecule has 0 spiro atoms. The lowest BCUT2D eigenvalue weighted by atomic mass is 9.54. The molecule has 1 aromatic carbocycles. The van der Waals surface area contributed by atoms with E-state index in [9.17, 15) is 15.8 Å². The molecule has 0 aromatic heterocycles. The minimum Gasteiger partial charge on any atom is -0.313 e. The van der Waals surface area contributed by atoms with Crippen molar-refractivity contribution in [2.75, 3.05) is 13.1 Å². The molecule has 2 aliphatic rings. The van der Waals surface area contributed by atoms with Crippen molar-refractivity contribution in [1.82, 2.24) is 5.32 Å². The second-order valence-electron chi connectivity index (χ2n) is 5.86. The second kappa shape index (κ2) is 5.69.